The van der Waals surface area contributed by atoms with Crippen molar-refractivity contribution in [1.29, 1.82) is 0 Å². The van der Waals surface area contributed by atoms with Crippen LogP contribution < -0.4 is 0 Å². The molecule has 3 heterocycles. The molecule has 0 N–H and O–H groups in total. The minimum atomic E-state index is -0.0591. The zero-order valence-corrected chi connectivity index (χ0v) is 12.5. The largest absolute Gasteiger partial charge is 0.444 e. The van der Waals surface area contributed by atoms with E-state index in [0.717, 1.165) is 12.2 Å². The van der Waals surface area contributed by atoms with Gasteiger partial charge in [-0.3, -0.25) is 9.48 Å². The van der Waals surface area contributed by atoms with Crippen LogP contribution in [-0.4, -0.2) is 27.1 Å². The van der Waals surface area contributed by atoms with Crippen molar-refractivity contribution < 1.29 is 9.21 Å². The molecule has 0 radical (unpaired) electrons. The third-order valence-electron chi connectivity index (χ3n) is 3.88. The zero-order chi connectivity index (χ0) is 13.7. The van der Waals surface area contributed by atoms with Crippen molar-refractivity contribution in [2.24, 2.45) is 0 Å². The van der Waals surface area contributed by atoms with E-state index < -0.39 is 0 Å². The Kier molecular flexibility index (Phi) is 2.73. The molecular formula is C14H14BrN3O2. The lowest BCUT2D eigenvalue weighted by Crippen LogP contribution is -2.38. The van der Waals surface area contributed by atoms with Gasteiger partial charge in [-0.15, -0.1) is 0 Å². The predicted molar refractivity (Wildman–Crippen MR) is 75.4 cm³/mol. The first-order chi connectivity index (χ1) is 9.70. The van der Waals surface area contributed by atoms with Crippen molar-refractivity contribution in [3.63, 3.8) is 0 Å². The standard InChI is InChI=1S/C14H14BrN3O2/c15-13-4-3-12(20-13)14(19)17-5-6-18-10(8-17)7-11(16-18)9-1-2-9/h3-4,7,9H,1-2,5-6,8H2. The van der Waals surface area contributed by atoms with Gasteiger partial charge in [-0.25, -0.2) is 0 Å². The topological polar surface area (TPSA) is 51.3 Å². The number of hydrogen-bond donors (Lipinski definition) is 0. The van der Waals surface area contributed by atoms with Gasteiger partial charge >= 0.3 is 0 Å². The summed E-state index contributed by atoms with van der Waals surface area (Å²) < 4.78 is 7.96. The van der Waals surface area contributed by atoms with Gasteiger partial charge < -0.3 is 9.32 Å². The molecule has 0 atom stereocenters. The van der Waals surface area contributed by atoms with Crippen molar-refractivity contribution in [2.75, 3.05) is 6.54 Å². The number of rotatable bonds is 2. The van der Waals surface area contributed by atoms with E-state index in [4.69, 9.17) is 4.42 Å². The Labute approximate surface area is 124 Å². The lowest BCUT2D eigenvalue weighted by Gasteiger charge is -2.26. The van der Waals surface area contributed by atoms with Gasteiger partial charge in [0.2, 0.25) is 0 Å². The number of carbonyl (C=O) groups is 1. The average molecular weight is 336 g/mol. The Morgan fingerprint density at radius 3 is 2.90 bits per heavy atom. The Morgan fingerprint density at radius 1 is 1.35 bits per heavy atom. The van der Waals surface area contributed by atoms with Crippen LogP contribution in [0.15, 0.2) is 27.3 Å². The Bertz CT molecular complexity index is 672. The van der Waals surface area contributed by atoms with Crippen LogP contribution in [0.1, 0.15) is 40.7 Å². The average Bonchev–Trinajstić information content (AvgIpc) is 3.07. The second-order valence-electron chi connectivity index (χ2n) is 5.39. The predicted octanol–water partition coefficient (Wildman–Crippen LogP) is 2.77. The Morgan fingerprint density at radius 2 is 2.20 bits per heavy atom. The second kappa shape index (κ2) is 4.48. The number of amides is 1. The third kappa shape index (κ3) is 2.08. The fourth-order valence-electron chi connectivity index (χ4n) is 2.63. The summed E-state index contributed by atoms with van der Waals surface area (Å²) in [5.41, 5.74) is 2.31. The summed E-state index contributed by atoms with van der Waals surface area (Å²) >= 11 is 3.22. The van der Waals surface area contributed by atoms with Gasteiger partial charge in [-0.1, -0.05) is 0 Å². The molecule has 4 rings (SSSR count). The van der Waals surface area contributed by atoms with Crippen LogP contribution in [0.3, 0.4) is 0 Å². The van der Waals surface area contributed by atoms with E-state index in [-0.39, 0.29) is 5.91 Å². The molecule has 0 aromatic carbocycles. The number of fused-ring (bicyclic) bond motifs is 1. The van der Waals surface area contributed by atoms with Gasteiger partial charge in [-0.05, 0) is 47.0 Å². The molecule has 2 aromatic heterocycles. The van der Waals surface area contributed by atoms with Gasteiger partial charge in [0.15, 0.2) is 10.4 Å². The lowest BCUT2D eigenvalue weighted by molar-refractivity contribution is 0.0672. The SMILES string of the molecule is O=C(c1ccc(Br)o1)N1CCn2nc(C3CC3)cc2C1. The summed E-state index contributed by atoms with van der Waals surface area (Å²) in [6.45, 7) is 2.04. The van der Waals surface area contributed by atoms with Gasteiger partial charge in [0.25, 0.3) is 5.91 Å². The molecule has 20 heavy (non-hydrogen) atoms. The number of aromatic nitrogens is 2. The van der Waals surface area contributed by atoms with Crippen molar-refractivity contribution in [2.45, 2.75) is 31.8 Å². The highest BCUT2D eigenvalue weighted by Crippen LogP contribution is 2.39. The Hall–Kier alpha value is -1.56. The molecule has 0 spiro atoms. The summed E-state index contributed by atoms with van der Waals surface area (Å²) in [5.74, 6) is 0.974. The molecule has 0 bridgehead atoms. The number of furan rings is 1. The van der Waals surface area contributed by atoms with Crippen LogP contribution in [-0.2, 0) is 13.1 Å². The molecule has 1 saturated carbocycles. The monoisotopic (exact) mass is 335 g/mol. The fourth-order valence-corrected chi connectivity index (χ4v) is 2.93. The molecule has 1 aliphatic heterocycles. The van der Waals surface area contributed by atoms with E-state index in [1.54, 1.807) is 12.1 Å². The zero-order valence-electron chi connectivity index (χ0n) is 10.9. The van der Waals surface area contributed by atoms with Gasteiger partial charge in [-0.2, -0.15) is 5.10 Å². The van der Waals surface area contributed by atoms with E-state index in [2.05, 4.69) is 27.1 Å². The van der Waals surface area contributed by atoms with Crippen LogP contribution in [0, 0.1) is 0 Å². The maximum absolute atomic E-state index is 12.4. The molecule has 1 amide bonds. The van der Waals surface area contributed by atoms with E-state index in [1.165, 1.54) is 18.5 Å². The number of nitrogens with zero attached hydrogens (tertiary/aromatic N) is 3. The number of halogens is 1. The third-order valence-corrected chi connectivity index (χ3v) is 4.31. The van der Waals surface area contributed by atoms with Crippen molar-refractivity contribution in [3.8, 4) is 0 Å². The van der Waals surface area contributed by atoms with Crippen LogP contribution in [0.2, 0.25) is 0 Å². The summed E-state index contributed by atoms with van der Waals surface area (Å²) in [5, 5.41) is 4.63. The highest BCUT2D eigenvalue weighted by molar-refractivity contribution is 9.10. The maximum atomic E-state index is 12.4. The number of hydrogen-bond acceptors (Lipinski definition) is 3. The second-order valence-corrected chi connectivity index (χ2v) is 6.17. The summed E-state index contributed by atoms with van der Waals surface area (Å²) in [4.78, 5) is 14.2. The minimum absolute atomic E-state index is 0.0591. The van der Waals surface area contributed by atoms with Gasteiger partial charge in [0.1, 0.15) is 0 Å². The van der Waals surface area contributed by atoms with E-state index >= 15 is 0 Å². The van der Waals surface area contributed by atoms with Crippen molar-refractivity contribution >= 4 is 21.8 Å². The Balaban J connectivity index is 1.55. The number of carbonyl (C=O) groups excluding carboxylic acids is 1. The molecule has 2 aromatic rings. The normalized spacial score (nSPS) is 18.1. The maximum Gasteiger partial charge on any atom is 0.290 e. The summed E-state index contributed by atoms with van der Waals surface area (Å²) in [6, 6.07) is 5.59. The van der Waals surface area contributed by atoms with Crippen LogP contribution >= 0.6 is 15.9 Å². The van der Waals surface area contributed by atoms with E-state index in [1.807, 2.05) is 9.58 Å². The van der Waals surface area contributed by atoms with Crippen molar-refractivity contribution in [1.82, 2.24) is 14.7 Å². The van der Waals surface area contributed by atoms with Crippen LogP contribution in [0.4, 0.5) is 0 Å². The van der Waals surface area contributed by atoms with E-state index in [9.17, 15) is 4.79 Å². The minimum Gasteiger partial charge on any atom is -0.444 e. The summed E-state index contributed by atoms with van der Waals surface area (Å²) in [6.07, 6.45) is 2.50. The first kappa shape index (κ1) is 12.2. The first-order valence-corrected chi connectivity index (χ1v) is 7.61. The molecule has 1 aliphatic carbocycles. The highest BCUT2D eigenvalue weighted by atomic mass is 79.9. The smallest absolute Gasteiger partial charge is 0.290 e. The molecule has 0 saturated heterocycles. The molecule has 5 nitrogen and oxygen atoms in total. The molecule has 6 heteroatoms. The van der Waals surface area contributed by atoms with Crippen LogP contribution in [0.25, 0.3) is 0 Å². The first-order valence-electron chi connectivity index (χ1n) is 6.82. The van der Waals surface area contributed by atoms with Gasteiger partial charge in [0, 0.05) is 12.5 Å². The molecule has 0 unspecified atom stereocenters. The molecular weight excluding hydrogens is 322 g/mol. The van der Waals surface area contributed by atoms with Crippen molar-refractivity contribution in [3.05, 3.63) is 40.0 Å². The van der Waals surface area contributed by atoms with E-state index in [0.29, 0.717) is 29.4 Å². The quantitative estimate of drug-likeness (QED) is 0.847. The fraction of sp³-hybridized carbons (Fsp3) is 0.429. The molecule has 2 aliphatic rings. The van der Waals surface area contributed by atoms with Gasteiger partial charge in [0.05, 0.1) is 24.5 Å². The summed E-state index contributed by atoms with van der Waals surface area (Å²) in [7, 11) is 0. The molecule has 1 fully saturated rings. The highest BCUT2D eigenvalue weighted by Gasteiger charge is 2.30. The van der Waals surface area contributed by atoms with Crippen LogP contribution in [0.5, 0.6) is 0 Å². The lowest BCUT2D eigenvalue weighted by atomic mass is 10.2. The molecule has 104 valence electrons.